The number of methoxy groups -OCH3 is 1. The first-order chi connectivity index (χ1) is 9.08. The largest absolute Gasteiger partial charge is 0.380 e. The first-order valence-corrected chi connectivity index (χ1v) is 6.73. The topological polar surface area (TPSA) is 50.4 Å². The fourth-order valence-electron chi connectivity index (χ4n) is 1.71. The van der Waals surface area contributed by atoms with Crippen molar-refractivity contribution in [2.24, 2.45) is 0 Å². The molecule has 20 heavy (non-hydrogen) atoms. The lowest BCUT2D eigenvalue weighted by Gasteiger charge is -2.17. The SMILES string of the molecule is CCc1ccccc1NC(=O)C(C)NCC(C)OC.Cl. The third-order valence-corrected chi connectivity index (χ3v) is 3.16. The van der Waals surface area contributed by atoms with Gasteiger partial charge in [-0.1, -0.05) is 25.1 Å². The normalized spacial score (nSPS) is 13.2. The number of carbonyl (C=O) groups is 1. The van der Waals surface area contributed by atoms with E-state index in [2.05, 4.69) is 17.6 Å². The van der Waals surface area contributed by atoms with Gasteiger partial charge >= 0.3 is 0 Å². The number of anilines is 1. The summed E-state index contributed by atoms with van der Waals surface area (Å²) >= 11 is 0. The summed E-state index contributed by atoms with van der Waals surface area (Å²) in [6, 6.07) is 7.63. The Labute approximate surface area is 127 Å². The molecule has 0 fully saturated rings. The highest BCUT2D eigenvalue weighted by Crippen LogP contribution is 2.15. The standard InChI is InChI=1S/C15H24N2O2.ClH/c1-5-13-8-6-7-9-14(13)17-15(18)12(3)16-10-11(2)19-4;/h6-9,11-12,16H,5,10H2,1-4H3,(H,17,18);1H. The van der Waals surface area contributed by atoms with Crippen molar-refractivity contribution in [3.63, 3.8) is 0 Å². The van der Waals surface area contributed by atoms with Gasteiger partial charge in [0.05, 0.1) is 12.1 Å². The van der Waals surface area contributed by atoms with Gasteiger partial charge in [-0.15, -0.1) is 12.4 Å². The first kappa shape index (κ1) is 18.9. The minimum Gasteiger partial charge on any atom is -0.380 e. The smallest absolute Gasteiger partial charge is 0.241 e. The van der Waals surface area contributed by atoms with Crippen molar-refractivity contribution in [1.29, 1.82) is 0 Å². The van der Waals surface area contributed by atoms with Crippen LogP contribution in [-0.4, -0.2) is 31.7 Å². The molecule has 4 nitrogen and oxygen atoms in total. The number of halogens is 1. The van der Waals surface area contributed by atoms with Gasteiger partial charge in [0.2, 0.25) is 5.91 Å². The van der Waals surface area contributed by atoms with Crippen LogP contribution in [0.5, 0.6) is 0 Å². The van der Waals surface area contributed by atoms with E-state index >= 15 is 0 Å². The fourth-order valence-corrected chi connectivity index (χ4v) is 1.71. The molecule has 1 aromatic carbocycles. The Morgan fingerprint density at radius 3 is 2.55 bits per heavy atom. The third kappa shape index (κ3) is 5.90. The summed E-state index contributed by atoms with van der Waals surface area (Å²) in [7, 11) is 1.66. The molecule has 0 saturated heterocycles. The van der Waals surface area contributed by atoms with E-state index in [0.29, 0.717) is 6.54 Å². The molecule has 0 aliphatic rings. The monoisotopic (exact) mass is 300 g/mol. The molecule has 1 amide bonds. The van der Waals surface area contributed by atoms with Gasteiger partial charge in [-0.3, -0.25) is 4.79 Å². The van der Waals surface area contributed by atoms with Gasteiger partial charge in [0.15, 0.2) is 0 Å². The molecule has 0 aromatic heterocycles. The van der Waals surface area contributed by atoms with Crippen molar-refractivity contribution in [3.05, 3.63) is 29.8 Å². The molecule has 114 valence electrons. The van der Waals surface area contributed by atoms with E-state index in [1.54, 1.807) is 7.11 Å². The zero-order chi connectivity index (χ0) is 14.3. The van der Waals surface area contributed by atoms with Crippen molar-refractivity contribution < 1.29 is 9.53 Å². The van der Waals surface area contributed by atoms with Gasteiger partial charge in [0, 0.05) is 19.3 Å². The molecule has 0 radical (unpaired) electrons. The van der Waals surface area contributed by atoms with Crippen molar-refractivity contribution >= 4 is 24.0 Å². The molecule has 1 aromatic rings. The third-order valence-electron chi connectivity index (χ3n) is 3.16. The van der Waals surface area contributed by atoms with Crippen molar-refractivity contribution in [2.75, 3.05) is 19.0 Å². The highest BCUT2D eigenvalue weighted by Gasteiger charge is 2.14. The van der Waals surface area contributed by atoms with Gasteiger partial charge in [0.25, 0.3) is 0 Å². The van der Waals surface area contributed by atoms with Crippen LogP contribution in [-0.2, 0) is 16.0 Å². The van der Waals surface area contributed by atoms with Crippen LogP contribution in [0, 0.1) is 0 Å². The van der Waals surface area contributed by atoms with Crippen LogP contribution in [0.4, 0.5) is 5.69 Å². The van der Waals surface area contributed by atoms with Crippen LogP contribution in [0.3, 0.4) is 0 Å². The predicted octanol–water partition coefficient (Wildman–Crippen LogP) is 2.62. The van der Waals surface area contributed by atoms with Crippen molar-refractivity contribution in [3.8, 4) is 0 Å². The maximum Gasteiger partial charge on any atom is 0.241 e. The van der Waals surface area contributed by atoms with Crippen LogP contribution >= 0.6 is 12.4 Å². The molecule has 0 spiro atoms. The summed E-state index contributed by atoms with van der Waals surface area (Å²) in [5, 5.41) is 6.11. The zero-order valence-electron chi connectivity index (χ0n) is 12.6. The van der Waals surface area contributed by atoms with Crippen LogP contribution < -0.4 is 10.6 Å². The van der Waals surface area contributed by atoms with E-state index in [1.165, 1.54) is 0 Å². The Balaban J connectivity index is 0.00000361. The Hall–Kier alpha value is -1.10. The molecule has 0 aliphatic carbocycles. The van der Waals surface area contributed by atoms with Crippen LogP contribution in [0.15, 0.2) is 24.3 Å². The van der Waals surface area contributed by atoms with Gasteiger partial charge in [-0.05, 0) is 31.9 Å². The number of nitrogens with one attached hydrogen (secondary N) is 2. The van der Waals surface area contributed by atoms with Crippen molar-refractivity contribution in [2.45, 2.75) is 39.3 Å². The Bertz CT molecular complexity index is 413. The second-order valence-corrected chi connectivity index (χ2v) is 4.68. The van der Waals surface area contributed by atoms with Crippen LogP contribution in [0.2, 0.25) is 0 Å². The summed E-state index contributed by atoms with van der Waals surface area (Å²) in [6.45, 7) is 6.55. The second kappa shape index (κ2) is 9.75. The molecular weight excluding hydrogens is 276 g/mol. The Kier molecular flexibility index (Phi) is 9.21. The average molecular weight is 301 g/mol. The summed E-state index contributed by atoms with van der Waals surface area (Å²) in [5.74, 6) is -0.0239. The van der Waals surface area contributed by atoms with Gasteiger partial charge in [0.1, 0.15) is 0 Å². The number of para-hydroxylation sites is 1. The lowest BCUT2D eigenvalue weighted by Crippen LogP contribution is -2.41. The van der Waals surface area contributed by atoms with E-state index in [0.717, 1.165) is 17.7 Å². The molecule has 2 N–H and O–H groups in total. The van der Waals surface area contributed by atoms with E-state index < -0.39 is 0 Å². The number of hydrogen-bond donors (Lipinski definition) is 2. The molecular formula is C15H25ClN2O2. The van der Waals surface area contributed by atoms with Crippen LogP contribution in [0.1, 0.15) is 26.3 Å². The zero-order valence-corrected chi connectivity index (χ0v) is 13.4. The molecule has 0 bridgehead atoms. The lowest BCUT2D eigenvalue weighted by atomic mass is 10.1. The number of aryl methyl sites for hydroxylation is 1. The number of hydrogen-bond acceptors (Lipinski definition) is 3. The molecule has 2 unspecified atom stereocenters. The van der Waals surface area contributed by atoms with E-state index in [-0.39, 0.29) is 30.5 Å². The maximum atomic E-state index is 12.1. The van der Waals surface area contributed by atoms with Gasteiger partial charge < -0.3 is 15.4 Å². The molecule has 1 rings (SSSR count). The van der Waals surface area contributed by atoms with Gasteiger partial charge in [-0.2, -0.15) is 0 Å². The average Bonchev–Trinajstić information content (AvgIpc) is 2.44. The number of benzene rings is 1. The number of carbonyl (C=O) groups excluding carboxylic acids is 1. The van der Waals surface area contributed by atoms with E-state index in [1.807, 2.05) is 38.1 Å². The molecule has 0 heterocycles. The second-order valence-electron chi connectivity index (χ2n) is 4.68. The van der Waals surface area contributed by atoms with Gasteiger partial charge in [-0.25, -0.2) is 0 Å². The van der Waals surface area contributed by atoms with E-state index in [9.17, 15) is 4.79 Å². The quantitative estimate of drug-likeness (QED) is 0.814. The summed E-state index contributed by atoms with van der Waals surface area (Å²) in [5.41, 5.74) is 2.04. The molecule has 0 saturated carbocycles. The summed E-state index contributed by atoms with van der Waals surface area (Å²) in [4.78, 5) is 12.1. The number of ether oxygens (including phenoxy) is 1. The molecule has 0 aliphatic heterocycles. The lowest BCUT2D eigenvalue weighted by molar-refractivity contribution is -0.117. The number of rotatable bonds is 7. The predicted molar refractivity (Wildman–Crippen MR) is 85.6 cm³/mol. The minimum absolute atomic E-state index is 0. The fraction of sp³-hybridized carbons (Fsp3) is 0.533. The summed E-state index contributed by atoms with van der Waals surface area (Å²) < 4.78 is 5.14. The molecule has 2 atom stereocenters. The number of amides is 1. The first-order valence-electron chi connectivity index (χ1n) is 6.73. The highest BCUT2D eigenvalue weighted by atomic mass is 35.5. The summed E-state index contributed by atoms with van der Waals surface area (Å²) in [6.07, 6.45) is 0.997. The Morgan fingerprint density at radius 2 is 1.95 bits per heavy atom. The highest BCUT2D eigenvalue weighted by molar-refractivity contribution is 5.95. The minimum atomic E-state index is -0.248. The Morgan fingerprint density at radius 1 is 1.30 bits per heavy atom. The van der Waals surface area contributed by atoms with E-state index in [4.69, 9.17) is 4.74 Å². The maximum absolute atomic E-state index is 12.1. The molecule has 5 heteroatoms. The van der Waals surface area contributed by atoms with Crippen LogP contribution in [0.25, 0.3) is 0 Å². The van der Waals surface area contributed by atoms with Crippen molar-refractivity contribution in [1.82, 2.24) is 5.32 Å².